The van der Waals surface area contributed by atoms with E-state index in [-0.39, 0.29) is 6.04 Å². The number of imidazole rings is 1. The molecule has 0 fully saturated rings. The first-order chi connectivity index (χ1) is 10.8. The van der Waals surface area contributed by atoms with E-state index in [1.807, 2.05) is 36.7 Å². The number of nitrogen functional groups attached to an aromatic ring is 1. The van der Waals surface area contributed by atoms with Crippen molar-refractivity contribution in [3.8, 4) is 0 Å². The molecular weight excluding hydrogens is 274 g/mol. The summed E-state index contributed by atoms with van der Waals surface area (Å²) in [4.78, 5) is 13.3. The van der Waals surface area contributed by atoms with Crippen molar-refractivity contribution in [3.05, 3.63) is 60.6 Å². The highest BCUT2D eigenvalue weighted by molar-refractivity contribution is 6.04. The van der Waals surface area contributed by atoms with E-state index in [1.165, 1.54) is 5.56 Å². The van der Waals surface area contributed by atoms with Crippen molar-refractivity contribution in [2.24, 2.45) is 0 Å². The van der Waals surface area contributed by atoms with Crippen LogP contribution < -0.4 is 5.73 Å². The van der Waals surface area contributed by atoms with Gasteiger partial charge in [0.1, 0.15) is 16.6 Å². The van der Waals surface area contributed by atoms with Crippen molar-refractivity contribution in [1.82, 2.24) is 19.5 Å². The summed E-state index contributed by atoms with van der Waals surface area (Å²) in [6.07, 6.45) is 3.58. The fraction of sp³-hybridized carbons (Fsp3) is 0.118. The number of rotatable bonds is 2. The van der Waals surface area contributed by atoms with E-state index in [0.717, 1.165) is 16.6 Å². The van der Waals surface area contributed by atoms with Crippen LogP contribution in [0.2, 0.25) is 0 Å². The Bertz CT molecular complexity index is 959. The molecule has 5 nitrogen and oxygen atoms in total. The molecule has 4 rings (SSSR count). The maximum atomic E-state index is 6.06. The third-order valence-electron chi connectivity index (χ3n) is 3.99. The molecule has 0 radical (unpaired) electrons. The largest absolute Gasteiger partial charge is 0.382 e. The Balaban J connectivity index is 2.03. The molecule has 0 amide bonds. The highest BCUT2D eigenvalue weighted by Gasteiger charge is 2.17. The zero-order valence-electron chi connectivity index (χ0n) is 12.1. The van der Waals surface area contributed by atoms with E-state index in [9.17, 15) is 0 Å². The number of fused-ring (bicyclic) bond motifs is 3. The van der Waals surface area contributed by atoms with Crippen molar-refractivity contribution in [1.29, 1.82) is 0 Å². The van der Waals surface area contributed by atoms with Crippen molar-refractivity contribution in [2.45, 2.75) is 13.0 Å². The second kappa shape index (κ2) is 4.80. The molecule has 4 aromatic rings. The summed E-state index contributed by atoms with van der Waals surface area (Å²) in [7, 11) is 0. The molecule has 108 valence electrons. The van der Waals surface area contributed by atoms with Crippen LogP contribution in [0.15, 0.2) is 55.0 Å². The lowest BCUT2D eigenvalue weighted by atomic mass is 10.1. The van der Waals surface area contributed by atoms with Crippen LogP contribution in [0.3, 0.4) is 0 Å². The van der Waals surface area contributed by atoms with Gasteiger partial charge < -0.3 is 10.3 Å². The Morgan fingerprint density at radius 1 is 1.00 bits per heavy atom. The fourth-order valence-corrected chi connectivity index (χ4v) is 2.82. The lowest BCUT2D eigenvalue weighted by Gasteiger charge is -2.15. The summed E-state index contributed by atoms with van der Waals surface area (Å²) in [5.74, 6) is 0.439. The fourth-order valence-electron chi connectivity index (χ4n) is 2.82. The van der Waals surface area contributed by atoms with E-state index in [4.69, 9.17) is 5.73 Å². The Hall–Kier alpha value is -2.95. The molecule has 1 unspecified atom stereocenters. The van der Waals surface area contributed by atoms with Gasteiger partial charge in [0.15, 0.2) is 5.82 Å². The van der Waals surface area contributed by atoms with Gasteiger partial charge in [0.25, 0.3) is 0 Å². The summed E-state index contributed by atoms with van der Waals surface area (Å²) in [6.45, 7) is 2.14. The molecule has 5 heteroatoms. The molecule has 1 aromatic carbocycles. The van der Waals surface area contributed by atoms with Gasteiger partial charge in [0.2, 0.25) is 0 Å². The first-order valence-electron chi connectivity index (χ1n) is 7.17. The molecule has 0 aliphatic carbocycles. The van der Waals surface area contributed by atoms with Gasteiger partial charge in [0, 0.05) is 6.20 Å². The molecule has 0 aliphatic rings. The quantitative estimate of drug-likeness (QED) is 0.615. The second-order valence-corrected chi connectivity index (χ2v) is 5.30. The number of nitrogens with two attached hydrogens (primary N) is 1. The number of anilines is 1. The standard InChI is InChI=1S/C17H15N5/c1-11(12-6-3-2-4-7-12)22-10-20-15-16(22)14-13(21-17(15)18)8-5-9-19-14/h2-11H,1H3,(H2,18,21). The number of hydrogen-bond acceptors (Lipinski definition) is 4. The Morgan fingerprint density at radius 2 is 1.82 bits per heavy atom. The van der Waals surface area contributed by atoms with Crippen molar-refractivity contribution in [3.63, 3.8) is 0 Å². The van der Waals surface area contributed by atoms with E-state index in [1.54, 1.807) is 6.20 Å². The first-order valence-corrected chi connectivity index (χ1v) is 7.17. The van der Waals surface area contributed by atoms with Crippen LogP contribution in [-0.2, 0) is 0 Å². The maximum absolute atomic E-state index is 6.06. The molecular formula is C17H15N5. The van der Waals surface area contributed by atoms with Gasteiger partial charge in [0.05, 0.1) is 17.9 Å². The van der Waals surface area contributed by atoms with Crippen LogP contribution >= 0.6 is 0 Å². The summed E-state index contributed by atoms with van der Waals surface area (Å²) < 4.78 is 2.11. The normalized spacial score (nSPS) is 12.8. The van der Waals surface area contributed by atoms with E-state index < -0.39 is 0 Å². The molecule has 0 bridgehead atoms. The van der Waals surface area contributed by atoms with Crippen LogP contribution in [0.4, 0.5) is 5.82 Å². The molecule has 0 spiro atoms. The average molecular weight is 289 g/mol. The van der Waals surface area contributed by atoms with E-state index in [0.29, 0.717) is 11.3 Å². The lowest BCUT2D eigenvalue weighted by Crippen LogP contribution is -2.06. The van der Waals surface area contributed by atoms with Gasteiger partial charge in [-0.15, -0.1) is 0 Å². The Kier molecular flexibility index (Phi) is 2.79. The van der Waals surface area contributed by atoms with Crippen molar-refractivity contribution < 1.29 is 0 Å². The molecule has 3 aromatic heterocycles. The predicted octanol–water partition coefficient (Wildman–Crippen LogP) is 3.17. The molecule has 0 saturated carbocycles. The highest BCUT2D eigenvalue weighted by Crippen LogP contribution is 2.29. The van der Waals surface area contributed by atoms with Crippen LogP contribution in [-0.4, -0.2) is 19.5 Å². The molecule has 22 heavy (non-hydrogen) atoms. The minimum absolute atomic E-state index is 0.137. The van der Waals surface area contributed by atoms with Gasteiger partial charge >= 0.3 is 0 Å². The Morgan fingerprint density at radius 3 is 2.64 bits per heavy atom. The van der Waals surface area contributed by atoms with Gasteiger partial charge in [-0.3, -0.25) is 4.98 Å². The van der Waals surface area contributed by atoms with Gasteiger partial charge in [-0.2, -0.15) is 0 Å². The first kappa shape index (κ1) is 12.8. The second-order valence-electron chi connectivity index (χ2n) is 5.30. The van der Waals surface area contributed by atoms with Crippen LogP contribution in [0.25, 0.3) is 22.1 Å². The Labute approximate surface area is 127 Å². The smallest absolute Gasteiger partial charge is 0.152 e. The zero-order valence-corrected chi connectivity index (χ0v) is 12.1. The van der Waals surface area contributed by atoms with Gasteiger partial charge in [-0.1, -0.05) is 30.3 Å². The molecule has 2 N–H and O–H groups in total. The SMILES string of the molecule is CC(c1ccccc1)n1cnc2c(N)nc3cccnc3c21. The minimum Gasteiger partial charge on any atom is -0.382 e. The van der Waals surface area contributed by atoms with Crippen LogP contribution in [0, 0.1) is 0 Å². The highest BCUT2D eigenvalue weighted by atomic mass is 15.1. The minimum atomic E-state index is 0.137. The monoisotopic (exact) mass is 289 g/mol. The molecule has 3 heterocycles. The lowest BCUT2D eigenvalue weighted by molar-refractivity contribution is 0.659. The van der Waals surface area contributed by atoms with Crippen LogP contribution in [0.1, 0.15) is 18.5 Å². The topological polar surface area (TPSA) is 69.6 Å². The number of benzene rings is 1. The van der Waals surface area contributed by atoms with Crippen LogP contribution in [0.5, 0.6) is 0 Å². The number of nitrogens with zero attached hydrogens (tertiary/aromatic N) is 4. The third-order valence-corrected chi connectivity index (χ3v) is 3.99. The number of aromatic nitrogens is 4. The summed E-state index contributed by atoms with van der Waals surface area (Å²) in [5.41, 5.74) is 10.5. The summed E-state index contributed by atoms with van der Waals surface area (Å²) >= 11 is 0. The summed E-state index contributed by atoms with van der Waals surface area (Å²) in [6, 6.07) is 14.2. The molecule has 1 atom stereocenters. The van der Waals surface area contributed by atoms with Gasteiger partial charge in [-0.05, 0) is 24.6 Å². The maximum Gasteiger partial charge on any atom is 0.152 e. The predicted molar refractivity (Wildman–Crippen MR) is 87.5 cm³/mol. The van der Waals surface area contributed by atoms with Gasteiger partial charge in [-0.25, -0.2) is 9.97 Å². The molecule has 0 aliphatic heterocycles. The number of pyridine rings is 2. The van der Waals surface area contributed by atoms with Crippen molar-refractivity contribution in [2.75, 3.05) is 5.73 Å². The van der Waals surface area contributed by atoms with Crippen molar-refractivity contribution >= 4 is 27.9 Å². The average Bonchev–Trinajstić information content (AvgIpc) is 3.01. The van der Waals surface area contributed by atoms with E-state index >= 15 is 0 Å². The molecule has 0 saturated heterocycles. The summed E-state index contributed by atoms with van der Waals surface area (Å²) in [5, 5.41) is 0. The van der Waals surface area contributed by atoms with E-state index in [2.05, 4.69) is 38.6 Å². The third kappa shape index (κ3) is 1.83. The zero-order chi connectivity index (χ0) is 15.1. The number of hydrogen-bond donors (Lipinski definition) is 1.